The summed E-state index contributed by atoms with van der Waals surface area (Å²) in [4.78, 5) is 28.3. The van der Waals surface area contributed by atoms with E-state index in [1.165, 1.54) is 0 Å². The molecular formula is C24H24N6O2S. The van der Waals surface area contributed by atoms with Gasteiger partial charge >= 0.3 is 0 Å². The highest BCUT2D eigenvalue weighted by molar-refractivity contribution is 7.18. The number of hydrogen-bond donors (Lipinski definition) is 2. The van der Waals surface area contributed by atoms with Crippen LogP contribution in [0.25, 0.3) is 10.2 Å². The molecule has 4 heterocycles. The fourth-order valence-corrected chi connectivity index (χ4v) is 4.70. The van der Waals surface area contributed by atoms with Gasteiger partial charge in [-0.25, -0.2) is 15.0 Å². The van der Waals surface area contributed by atoms with Gasteiger partial charge in [0.2, 0.25) is 0 Å². The number of amides is 1. The van der Waals surface area contributed by atoms with Crippen LogP contribution >= 0.6 is 11.3 Å². The van der Waals surface area contributed by atoms with E-state index in [-0.39, 0.29) is 5.91 Å². The van der Waals surface area contributed by atoms with Gasteiger partial charge in [-0.05, 0) is 54.6 Å². The molecule has 0 radical (unpaired) electrons. The van der Waals surface area contributed by atoms with E-state index < -0.39 is 0 Å². The molecule has 3 aromatic heterocycles. The Balaban J connectivity index is 1.35. The minimum Gasteiger partial charge on any atom is -0.378 e. The Hall–Kier alpha value is -3.56. The van der Waals surface area contributed by atoms with Gasteiger partial charge in [-0.1, -0.05) is 6.07 Å². The van der Waals surface area contributed by atoms with Gasteiger partial charge in [0.1, 0.15) is 12.1 Å². The van der Waals surface area contributed by atoms with E-state index in [1.807, 2.05) is 38.1 Å². The number of nitrogens with one attached hydrogen (secondary N) is 2. The molecule has 8 nitrogen and oxygen atoms in total. The molecule has 1 aliphatic heterocycles. The van der Waals surface area contributed by atoms with Crippen LogP contribution in [0.4, 0.5) is 23.0 Å². The number of rotatable bonds is 5. The Bertz CT molecular complexity index is 1320. The van der Waals surface area contributed by atoms with Gasteiger partial charge in [0.05, 0.1) is 23.4 Å². The van der Waals surface area contributed by atoms with Gasteiger partial charge in [0.25, 0.3) is 5.91 Å². The number of aryl methyl sites for hydroxylation is 2. The second kappa shape index (κ2) is 9.13. The molecule has 5 rings (SSSR count). The third kappa shape index (κ3) is 4.50. The van der Waals surface area contributed by atoms with Gasteiger partial charge in [0.15, 0.2) is 5.82 Å². The van der Waals surface area contributed by atoms with Crippen molar-refractivity contribution in [3.05, 3.63) is 64.9 Å². The molecule has 2 N–H and O–H groups in total. The topological polar surface area (TPSA) is 92.3 Å². The van der Waals surface area contributed by atoms with E-state index in [0.717, 1.165) is 51.8 Å². The molecule has 0 spiro atoms. The first kappa shape index (κ1) is 21.3. The van der Waals surface area contributed by atoms with Crippen molar-refractivity contribution < 1.29 is 9.53 Å². The van der Waals surface area contributed by atoms with Gasteiger partial charge in [-0.3, -0.25) is 4.79 Å². The average molecular weight is 461 g/mol. The zero-order valence-corrected chi connectivity index (χ0v) is 19.3. The van der Waals surface area contributed by atoms with E-state index in [9.17, 15) is 4.79 Å². The van der Waals surface area contributed by atoms with E-state index >= 15 is 0 Å². The van der Waals surface area contributed by atoms with Crippen molar-refractivity contribution in [2.75, 3.05) is 41.8 Å². The number of hydrogen-bond acceptors (Lipinski definition) is 8. The highest BCUT2D eigenvalue weighted by atomic mass is 32.1. The molecule has 9 heteroatoms. The molecule has 33 heavy (non-hydrogen) atoms. The first-order valence-electron chi connectivity index (χ1n) is 10.7. The number of pyridine rings is 1. The molecule has 168 valence electrons. The standard InChI is InChI=1S/C24H24N6O2S/c1-15-3-4-18(12-19(15)29-23-22-21(26-14-27-23)16(2)13-33-22)28-24(31)17-5-6-25-20(11-17)30-7-9-32-10-8-30/h3-6,11-14H,7-10H2,1-2H3,(H,28,31)(H,26,27,29). The summed E-state index contributed by atoms with van der Waals surface area (Å²) >= 11 is 1.62. The van der Waals surface area contributed by atoms with Crippen molar-refractivity contribution >= 4 is 50.5 Å². The zero-order valence-electron chi connectivity index (χ0n) is 18.5. The number of fused-ring (bicyclic) bond motifs is 1. The van der Waals surface area contributed by atoms with Crippen LogP contribution in [0.2, 0.25) is 0 Å². The lowest BCUT2D eigenvalue weighted by atomic mass is 10.1. The Morgan fingerprint density at radius 1 is 1.06 bits per heavy atom. The predicted octanol–water partition coefficient (Wildman–Crippen LogP) is 4.54. The summed E-state index contributed by atoms with van der Waals surface area (Å²) in [6.45, 7) is 6.93. The molecule has 4 aromatic rings. The molecular weight excluding hydrogens is 436 g/mol. The third-order valence-electron chi connectivity index (χ3n) is 5.62. The Labute approximate surface area is 195 Å². The van der Waals surface area contributed by atoms with Crippen LogP contribution in [0.5, 0.6) is 0 Å². The largest absolute Gasteiger partial charge is 0.378 e. The minimum absolute atomic E-state index is 0.181. The summed E-state index contributed by atoms with van der Waals surface area (Å²) < 4.78 is 6.41. The lowest BCUT2D eigenvalue weighted by Gasteiger charge is -2.27. The lowest BCUT2D eigenvalue weighted by molar-refractivity contribution is 0.102. The molecule has 0 atom stereocenters. The van der Waals surface area contributed by atoms with Crippen LogP contribution in [-0.2, 0) is 4.74 Å². The van der Waals surface area contributed by atoms with Crippen molar-refractivity contribution in [2.24, 2.45) is 0 Å². The maximum absolute atomic E-state index is 13.0. The fourth-order valence-electron chi connectivity index (χ4n) is 3.75. The van der Waals surface area contributed by atoms with Crippen LogP contribution in [0.1, 0.15) is 21.5 Å². The normalized spacial score (nSPS) is 13.8. The second-order valence-corrected chi connectivity index (χ2v) is 8.81. The van der Waals surface area contributed by atoms with Crippen molar-refractivity contribution in [3.63, 3.8) is 0 Å². The molecule has 1 fully saturated rings. The number of anilines is 4. The van der Waals surface area contributed by atoms with Gasteiger partial charge in [-0.15, -0.1) is 11.3 Å². The van der Waals surface area contributed by atoms with Crippen LogP contribution in [0, 0.1) is 13.8 Å². The summed E-state index contributed by atoms with van der Waals surface area (Å²) in [6.07, 6.45) is 3.24. The van der Waals surface area contributed by atoms with Crippen molar-refractivity contribution in [1.29, 1.82) is 0 Å². The minimum atomic E-state index is -0.181. The zero-order chi connectivity index (χ0) is 22.8. The van der Waals surface area contributed by atoms with Gasteiger partial charge < -0.3 is 20.3 Å². The first-order valence-corrected chi connectivity index (χ1v) is 11.6. The molecule has 1 amide bonds. The number of benzene rings is 1. The summed E-state index contributed by atoms with van der Waals surface area (Å²) in [5.74, 6) is 1.37. The average Bonchev–Trinajstić information content (AvgIpc) is 3.23. The molecule has 0 bridgehead atoms. The summed E-state index contributed by atoms with van der Waals surface area (Å²) in [5.41, 5.74) is 5.27. The van der Waals surface area contributed by atoms with Gasteiger partial charge in [-0.2, -0.15) is 0 Å². The van der Waals surface area contributed by atoms with E-state index in [1.54, 1.807) is 29.9 Å². The monoisotopic (exact) mass is 460 g/mol. The SMILES string of the molecule is Cc1ccc(NC(=O)c2ccnc(N3CCOCC3)c2)cc1Nc1ncnc2c(C)csc12. The Kier molecular flexibility index (Phi) is 5.89. The predicted molar refractivity (Wildman–Crippen MR) is 132 cm³/mol. The summed E-state index contributed by atoms with van der Waals surface area (Å²) in [5, 5.41) is 8.49. The number of nitrogens with zero attached hydrogens (tertiary/aromatic N) is 4. The highest BCUT2D eigenvalue weighted by Gasteiger charge is 2.15. The molecule has 1 aliphatic rings. The van der Waals surface area contributed by atoms with E-state index in [4.69, 9.17) is 4.74 Å². The number of ether oxygens (including phenoxy) is 1. The molecule has 1 aromatic carbocycles. The highest BCUT2D eigenvalue weighted by Crippen LogP contribution is 2.32. The lowest BCUT2D eigenvalue weighted by Crippen LogP contribution is -2.36. The quantitative estimate of drug-likeness (QED) is 0.452. The van der Waals surface area contributed by atoms with Gasteiger partial charge in [0, 0.05) is 36.2 Å². The number of aromatic nitrogens is 3. The number of morpholine rings is 1. The van der Waals surface area contributed by atoms with Crippen molar-refractivity contribution in [1.82, 2.24) is 15.0 Å². The smallest absolute Gasteiger partial charge is 0.255 e. The summed E-state index contributed by atoms with van der Waals surface area (Å²) in [7, 11) is 0. The van der Waals surface area contributed by atoms with Crippen LogP contribution in [-0.4, -0.2) is 47.2 Å². The third-order valence-corrected chi connectivity index (χ3v) is 6.72. The molecule has 0 saturated carbocycles. The number of carbonyl (C=O) groups is 1. The second-order valence-electron chi connectivity index (χ2n) is 7.93. The fraction of sp³-hybridized carbons (Fsp3) is 0.250. The summed E-state index contributed by atoms with van der Waals surface area (Å²) in [6, 6.07) is 9.34. The maximum Gasteiger partial charge on any atom is 0.255 e. The first-order chi connectivity index (χ1) is 16.1. The van der Waals surface area contributed by atoms with Crippen LogP contribution < -0.4 is 15.5 Å². The van der Waals surface area contributed by atoms with E-state index in [2.05, 4.69) is 35.9 Å². The number of thiophene rings is 1. The van der Waals surface area contributed by atoms with Crippen LogP contribution in [0.3, 0.4) is 0 Å². The molecule has 0 unspecified atom stereocenters. The van der Waals surface area contributed by atoms with Crippen LogP contribution in [0.15, 0.2) is 48.2 Å². The molecule has 0 aliphatic carbocycles. The molecule has 1 saturated heterocycles. The maximum atomic E-state index is 13.0. The number of carbonyl (C=O) groups excluding carboxylic acids is 1. The van der Waals surface area contributed by atoms with E-state index in [0.29, 0.717) is 24.5 Å². The Morgan fingerprint density at radius 3 is 2.76 bits per heavy atom. The van der Waals surface area contributed by atoms with Crippen molar-refractivity contribution in [3.8, 4) is 0 Å². The van der Waals surface area contributed by atoms with Crippen molar-refractivity contribution in [2.45, 2.75) is 13.8 Å². The Morgan fingerprint density at radius 2 is 1.91 bits per heavy atom.